The molecule has 0 bridgehead atoms. The molecular weight excluding hydrogens is 383 g/mol. The van der Waals surface area contributed by atoms with Crippen LogP contribution in [0.3, 0.4) is 0 Å². The van der Waals surface area contributed by atoms with Gasteiger partial charge in [-0.2, -0.15) is 0 Å². The lowest BCUT2D eigenvalue weighted by Crippen LogP contribution is -3.28. The van der Waals surface area contributed by atoms with Crippen molar-refractivity contribution in [3.05, 3.63) is 53.1 Å². The molecule has 162 valence electrons. The Morgan fingerprint density at radius 1 is 1.03 bits per heavy atom. The summed E-state index contributed by atoms with van der Waals surface area (Å²) in [5, 5.41) is 2.81. The van der Waals surface area contributed by atoms with Crippen LogP contribution in [-0.2, 0) is 4.79 Å². The fraction of sp³-hybridized carbons (Fsp3) is 0.478. The van der Waals surface area contributed by atoms with Crippen LogP contribution in [0.1, 0.15) is 41.6 Å². The fourth-order valence-electron chi connectivity index (χ4n) is 4.45. The van der Waals surface area contributed by atoms with E-state index in [4.69, 9.17) is 0 Å². The van der Waals surface area contributed by atoms with Gasteiger partial charge in [0.15, 0.2) is 6.54 Å². The van der Waals surface area contributed by atoms with E-state index in [0.717, 1.165) is 43.1 Å². The van der Waals surface area contributed by atoms with E-state index in [1.54, 1.807) is 12.1 Å². The van der Waals surface area contributed by atoms with Crippen molar-refractivity contribution in [3.63, 3.8) is 0 Å². The number of anilines is 1. The van der Waals surface area contributed by atoms with E-state index in [-0.39, 0.29) is 17.5 Å². The van der Waals surface area contributed by atoms with Crippen molar-refractivity contribution in [3.8, 4) is 0 Å². The minimum atomic E-state index is -0.321. The highest BCUT2D eigenvalue weighted by Gasteiger charge is 2.28. The van der Waals surface area contributed by atoms with Crippen LogP contribution in [0.4, 0.5) is 10.1 Å². The number of benzene rings is 1. The van der Waals surface area contributed by atoms with Crippen LogP contribution in [0.5, 0.6) is 0 Å². The molecule has 1 aliphatic heterocycles. The summed E-state index contributed by atoms with van der Waals surface area (Å²) < 4.78 is 15.2. The van der Waals surface area contributed by atoms with Crippen LogP contribution in [0.25, 0.3) is 0 Å². The van der Waals surface area contributed by atoms with Crippen molar-refractivity contribution in [2.75, 3.05) is 44.6 Å². The van der Waals surface area contributed by atoms with Crippen LogP contribution in [0.2, 0.25) is 0 Å². The van der Waals surface area contributed by atoms with Crippen LogP contribution in [-0.4, -0.2) is 55.5 Å². The van der Waals surface area contributed by atoms with Crippen molar-refractivity contribution in [2.24, 2.45) is 0 Å². The molecule has 2 heterocycles. The van der Waals surface area contributed by atoms with Crippen LogP contribution < -0.4 is 15.1 Å². The molecule has 6 nitrogen and oxygen atoms in total. The van der Waals surface area contributed by atoms with E-state index in [2.05, 4.69) is 30.7 Å². The highest BCUT2D eigenvalue weighted by atomic mass is 19.1. The number of rotatable bonds is 7. The second-order valence-corrected chi connectivity index (χ2v) is 8.58. The molecule has 7 heteroatoms. The Morgan fingerprint density at radius 3 is 2.13 bits per heavy atom. The third kappa shape index (κ3) is 5.34. The van der Waals surface area contributed by atoms with Crippen molar-refractivity contribution in [1.82, 2.24) is 4.57 Å². The van der Waals surface area contributed by atoms with Gasteiger partial charge in [0.05, 0.1) is 0 Å². The first-order valence-electron chi connectivity index (χ1n) is 10.7. The second kappa shape index (κ2) is 9.53. The van der Waals surface area contributed by atoms with Gasteiger partial charge in [0.25, 0.3) is 5.91 Å². The summed E-state index contributed by atoms with van der Waals surface area (Å²) in [5.41, 5.74) is 3.62. The van der Waals surface area contributed by atoms with Gasteiger partial charge >= 0.3 is 0 Å². The van der Waals surface area contributed by atoms with Crippen molar-refractivity contribution < 1.29 is 23.8 Å². The average molecular weight is 417 g/mol. The summed E-state index contributed by atoms with van der Waals surface area (Å²) >= 11 is 0. The average Bonchev–Trinajstić information content (AvgIpc) is 2.99. The second-order valence-electron chi connectivity index (χ2n) is 8.58. The molecule has 0 spiro atoms. The molecule has 0 saturated carbocycles. The van der Waals surface area contributed by atoms with Gasteiger partial charge in [-0.05, 0) is 58.0 Å². The smallest absolute Gasteiger partial charge is 0.279 e. The molecule has 30 heavy (non-hydrogen) atoms. The first-order valence-corrected chi connectivity index (χ1v) is 10.7. The molecule has 1 aromatic heterocycles. The minimum absolute atomic E-state index is 0.0720. The van der Waals surface area contributed by atoms with Gasteiger partial charge in [0, 0.05) is 28.7 Å². The number of carbonyl (C=O) groups excluding carboxylic acids is 2. The van der Waals surface area contributed by atoms with Crippen molar-refractivity contribution in [1.29, 1.82) is 0 Å². The first-order chi connectivity index (χ1) is 14.2. The monoisotopic (exact) mass is 416 g/mol. The predicted octanol–water partition coefficient (Wildman–Crippen LogP) is 0.430. The Bertz CT molecular complexity index is 897. The molecule has 1 saturated heterocycles. The summed E-state index contributed by atoms with van der Waals surface area (Å²) in [6.07, 6.45) is 0. The van der Waals surface area contributed by atoms with E-state index in [1.807, 2.05) is 13.0 Å². The summed E-state index contributed by atoms with van der Waals surface area (Å²) in [7, 11) is 0. The Labute approximate surface area is 177 Å². The molecule has 3 rings (SSSR count). The van der Waals surface area contributed by atoms with Gasteiger partial charge in [-0.25, -0.2) is 4.39 Å². The van der Waals surface area contributed by atoms with Gasteiger partial charge in [0.1, 0.15) is 38.5 Å². The number of ketones is 1. The number of hydrogen-bond donors (Lipinski definition) is 3. The molecule has 0 aliphatic carbocycles. The van der Waals surface area contributed by atoms with Gasteiger partial charge in [-0.3, -0.25) is 9.59 Å². The topological polar surface area (TPSA) is 60.0 Å². The van der Waals surface area contributed by atoms with Gasteiger partial charge in [-0.1, -0.05) is 0 Å². The number of hydrogen-bond acceptors (Lipinski definition) is 2. The maximum Gasteiger partial charge on any atom is 0.279 e. The number of halogens is 1. The van der Waals surface area contributed by atoms with Gasteiger partial charge < -0.3 is 19.7 Å². The standard InChI is InChI=1S/C23H31FN4O2/c1-16(2)28-17(3)13-21(18(28)4)22(29)14-26-9-11-27(12-10-26)15-23(30)25-20-7-5-19(24)6-8-20/h5-8,13,16H,9-12,14-15H2,1-4H3,(H,25,30)/p+2. The zero-order valence-electron chi connectivity index (χ0n) is 18.3. The molecule has 1 aliphatic rings. The van der Waals surface area contributed by atoms with Gasteiger partial charge in [-0.15, -0.1) is 0 Å². The summed E-state index contributed by atoms with van der Waals surface area (Å²) in [6, 6.07) is 8.14. The molecule has 0 radical (unpaired) electrons. The number of quaternary nitrogens is 2. The van der Waals surface area contributed by atoms with E-state index in [0.29, 0.717) is 24.8 Å². The van der Waals surface area contributed by atoms with E-state index >= 15 is 0 Å². The number of nitrogens with one attached hydrogen (secondary N) is 3. The molecule has 3 N–H and O–H groups in total. The van der Waals surface area contributed by atoms with Crippen LogP contribution in [0.15, 0.2) is 30.3 Å². The molecule has 1 aromatic carbocycles. The number of aromatic nitrogens is 1. The lowest BCUT2D eigenvalue weighted by atomic mass is 10.1. The lowest BCUT2D eigenvalue weighted by Gasteiger charge is -2.29. The molecule has 1 fully saturated rings. The van der Waals surface area contributed by atoms with Crippen molar-refractivity contribution in [2.45, 2.75) is 33.7 Å². The normalized spacial score (nSPS) is 19.1. The minimum Gasteiger partial charge on any atom is -0.346 e. The molecule has 2 aromatic rings. The molecule has 1 amide bonds. The zero-order valence-corrected chi connectivity index (χ0v) is 18.3. The number of carbonyl (C=O) groups is 2. The summed E-state index contributed by atoms with van der Waals surface area (Å²) in [6.45, 7) is 12.7. The van der Waals surface area contributed by atoms with E-state index in [1.165, 1.54) is 21.9 Å². The zero-order chi connectivity index (χ0) is 21.8. The Kier molecular flexibility index (Phi) is 7.05. The molecule has 0 atom stereocenters. The van der Waals surface area contributed by atoms with Crippen LogP contribution in [0, 0.1) is 19.7 Å². The highest BCUT2D eigenvalue weighted by Crippen LogP contribution is 2.20. The maximum atomic E-state index is 13.0. The predicted molar refractivity (Wildman–Crippen MR) is 115 cm³/mol. The number of amides is 1. The number of nitrogens with zero attached hydrogens (tertiary/aromatic N) is 1. The third-order valence-electron chi connectivity index (χ3n) is 5.91. The highest BCUT2D eigenvalue weighted by molar-refractivity contribution is 5.98. The summed E-state index contributed by atoms with van der Waals surface area (Å²) in [4.78, 5) is 27.6. The van der Waals surface area contributed by atoms with Crippen molar-refractivity contribution >= 4 is 17.4 Å². The van der Waals surface area contributed by atoms with E-state index in [9.17, 15) is 14.0 Å². The number of Topliss-reactive ketones (excluding diaryl/α,β-unsaturated/α-hetero) is 1. The largest absolute Gasteiger partial charge is 0.346 e. The van der Waals surface area contributed by atoms with E-state index < -0.39 is 0 Å². The Morgan fingerprint density at radius 2 is 1.60 bits per heavy atom. The maximum absolute atomic E-state index is 13.0. The fourth-order valence-corrected chi connectivity index (χ4v) is 4.45. The SMILES string of the molecule is Cc1cc(C(=O)C[NH+]2CC[NH+](CC(=O)Nc3ccc(F)cc3)CC2)c(C)n1C(C)C. The first kappa shape index (κ1) is 22.2. The number of piperazine rings is 1. The Balaban J connectivity index is 1.47. The Hall–Kier alpha value is -2.51. The molecular formula is C23H33FN4O2+2. The summed E-state index contributed by atoms with van der Waals surface area (Å²) in [5.74, 6) is -0.196. The quantitative estimate of drug-likeness (QED) is 0.574. The lowest BCUT2D eigenvalue weighted by molar-refractivity contribution is -1.00. The third-order valence-corrected chi connectivity index (χ3v) is 5.91. The van der Waals surface area contributed by atoms with Crippen LogP contribution >= 0.6 is 0 Å². The van der Waals surface area contributed by atoms with Gasteiger partial charge in [0.2, 0.25) is 5.78 Å². The molecule has 0 unspecified atom stereocenters. The number of aryl methyl sites for hydroxylation is 1.